The van der Waals surface area contributed by atoms with E-state index >= 15 is 0 Å². The molecule has 0 bridgehead atoms. The van der Waals surface area contributed by atoms with Gasteiger partial charge in [-0.05, 0) is 31.9 Å². The standard InChI is InChI=1S/C20H28N4O2.ClH/c1-16-18(15-21-12-14-23-13-8-4-7-11-19(23)25)20(26)24(22(16)2)17-9-5-3-6-10-17;/h3,5-6,9-10,21H,4,7-8,11-15H2,1-2H3;1H. The second-order valence-corrected chi connectivity index (χ2v) is 6.91. The Balaban J connectivity index is 0.00000261. The van der Waals surface area contributed by atoms with Crippen molar-refractivity contribution in [2.45, 2.75) is 39.2 Å². The van der Waals surface area contributed by atoms with Gasteiger partial charge in [0.2, 0.25) is 5.91 Å². The Kier molecular flexibility index (Phi) is 7.68. The molecule has 1 amide bonds. The summed E-state index contributed by atoms with van der Waals surface area (Å²) in [4.78, 5) is 26.8. The number of amides is 1. The third-order valence-corrected chi connectivity index (χ3v) is 5.21. The second kappa shape index (κ2) is 9.76. The third-order valence-electron chi connectivity index (χ3n) is 5.21. The van der Waals surface area contributed by atoms with Gasteiger partial charge in [0.05, 0.1) is 11.3 Å². The predicted octanol–water partition coefficient (Wildman–Crippen LogP) is 2.40. The molecule has 6 nitrogen and oxygen atoms in total. The molecule has 0 aliphatic carbocycles. The van der Waals surface area contributed by atoms with E-state index in [-0.39, 0.29) is 23.9 Å². The highest BCUT2D eigenvalue weighted by atomic mass is 35.5. The lowest BCUT2D eigenvalue weighted by Crippen LogP contribution is -2.36. The fourth-order valence-electron chi connectivity index (χ4n) is 3.53. The minimum Gasteiger partial charge on any atom is -0.341 e. The lowest BCUT2D eigenvalue weighted by Gasteiger charge is -2.20. The van der Waals surface area contributed by atoms with E-state index in [1.807, 2.05) is 53.9 Å². The predicted molar refractivity (Wildman–Crippen MR) is 110 cm³/mol. The van der Waals surface area contributed by atoms with Crippen LogP contribution in [0.1, 0.15) is 36.9 Å². The Bertz CT molecular complexity index is 813. The van der Waals surface area contributed by atoms with Crippen molar-refractivity contribution in [1.82, 2.24) is 19.6 Å². The third kappa shape index (κ3) is 4.82. The number of hydrogen-bond donors (Lipinski definition) is 1. The summed E-state index contributed by atoms with van der Waals surface area (Å²) in [5.41, 5.74) is 2.61. The molecule has 1 aromatic heterocycles. The van der Waals surface area contributed by atoms with Crippen LogP contribution in [0.25, 0.3) is 5.69 Å². The highest BCUT2D eigenvalue weighted by Crippen LogP contribution is 2.11. The molecule has 148 valence electrons. The Morgan fingerprint density at radius 1 is 1.07 bits per heavy atom. The van der Waals surface area contributed by atoms with Gasteiger partial charge in [-0.25, -0.2) is 4.68 Å². The molecular weight excluding hydrogens is 364 g/mol. The molecule has 1 aliphatic heterocycles. The fourth-order valence-corrected chi connectivity index (χ4v) is 3.53. The van der Waals surface area contributed by atoms with E-state index < -0.39 is 0 Å². The first-order chi connectivity index (χ1) is 12.6. The van der Waals surface area contributed by atoms with Crippen molar-refractivity contribution < 1.29 is 4.79 Å². The van der Waals surface area contributed by atoms with Crippen LogP contribution in [0.3, 0.4) is 0 Å². The maximum absolute atomic E-state index is 12.8. The maximum Gasteiger partial charge on any atom is 0.276 e. The van der Waals surface area contributed by atoms with E-state index in [0.717, 1.165) is 42.8 Å². The van der Waals surface area contributed by atoms with Crippen LogP contribution in [0.4, 0.5) is 0 Å². The summed E-state index contributed by atoms with van der Waals surface area (Å²) in [6, 6.07) is 9.67. The van der Waals surface area contributed by atoms with Gasteiger partial charge in [-0.15, -0.1) is 12.4 Å². The van der Waals surface area contributed by atoms with E-state index in [1.165, 1.54) is 0 Å². The zero-order valence-electron chi connectivity index (χ0n) is 16.1. The number of halogens is 1. The van der Waals surface area contributed by atoms with E-state index in [0.29, 0.717) is 26.1 Å². The van der Waals surface area contributed by atoms with Crippen LogP contribution in [0.5, 0.6) is 0 Å². The van der Waals surface area contributed by atoms with Crippen molar-refractivity contribution in [2.24, 2.45) is 7.05 Å². The van der Waals surface area contributed by atoms with Crippen molar-refractivity contribution in [3.05, 3.63) is 51.9 Å². The topological polar surface area (TPSA) is 59.3 Å². The number of carbonyl (C=O) groups is 1. The molecule has 1 N–H and O–H groups in total. The summed E-state index contributed by atoms with van der Waals surface area (Å²) >= 11 is 0. The number of para-hydroxylation sites is 1. The van der Waals surface area contributed by atoms with Crippen LogP contribution in [-0.2, 0) is 18.4 Å². The maximum atomic E-state index is 12.8. The van der Waals surface area contributed by atoms with Gasteiger partial charge in [0.25, 0.3) is 5.56 Å². The first-order valence-electron chi connectivity index (χ1n) is 9.41. The van der Waals surface area contributed by atoms with E-state index in [4.69, 9.17) is 0 Å². The molecule has 2 aromatic rings. The van der Waals surface area contributed by atoms with Gasteiger partial charge in [-0.3, -0.25) is 14.3 Å². The monoisotopic (exact) mass is 392 g/mol. The average Bonchev–Trinajstić information content (AvgIpc) is 2.79. The van der Waals surface area contributed by atoms with Crippen LogP contribution in [0.2, 0.25) is 0 Å². The molecule has 1 saturated heterocycles. The van der Waals surface area contributed by atoms with Gasteiger partial charge in [-0.1, -0.05) is 24.6 Å². The number of carbonyl (C=O) groups excluding carboxylic acids is 1. The molecule has 1 aliphatic rings. The summed E-state index contributed by atoms with van der Waals surface area (Å²) in [7, 11) is 1.91. The Morgan fingerprint density at radius 3 is 2.56 bits per heavy atom. The molecule has 3 rings (SSSR count). The molecule has 27 heavy (non-hydrogen) atoms. The van der Waals surface area contributed by atoms with E-state index in [2.05, 4.69) is 5.32 Å². The fraction of sp³-hybridized carbons (Fsp3) is 0.500. The minimum atomic E-state index is 0. The quantitative estimate of drug-likeness (QED) is 0.768. The Morgan fingerprint density at radius 2 is 1.81 bits per heavy atom. The van der Waals surface area contributed by atoms with Gasteiger partial charge in [0.15, 0.2) is 0 Å². The van der Waals surface area contributed by atoms with Crippen LogP contribution in [0.15, 0.2) is 35.1 Å². The van der Waals surface area contributed by atoms with Crippen molar-refractivity contribution in [3.63, 3.8) is 0 Å². The smallest absolute Gasteiger partial charge is 0.276 e. The van der Waals surface area contributed by atoms with Gasteiger partial charge >= 0.3 is 0 Å². The number of aromatic nitrogens is 2. The number of nitrogens with one attached hydrogen (secondary N) is 1. The van der Waals surface area contributed by atoms with E-state index in [9.17, 15) is 9.59 Å². The van der Waals surface area contributed by atoms with Crippen LogP contribution < -0.4 is 10.9 Å². The van der Waals surface area contributed by atoms with Crippen molar-refractivity contribution in [3.8, 4) is 5.69 Å². The van der Waals surface area contributed by atoms with Crippen LogP contribution >= 0.6 is 12.4 Å². The summed E-state index contributed by atoms with van der Waals surface area (Å²) in [6.45, 7) is 4.74. The van der Waals surface area contributed by atoms with Gasteiger partial charge in [0.1, 0.15) is 0 Å². The molecule has 2 heterocycles. The largest absolute Gasteiger partial charge is 0.341 e. The first kappa shape index (κ1) is 21.3. The van der Waals surface area contributed by atoms with Crippen molar-refractivity contribution >= 4 is 18.3 Å². The zero-order chi connectivity index (χ0) is 18.5. The zero-order valence-corrected chi connectivity index (χ0v) is 16.9. The lowest BCUT2D eigenvalue weighted by molar-refractivity contribution is -0.130. The molecule has 0 saturated carbocycles. The van der Waals surface area contributed by atoms with Gasteiger partial charge < -0.3 is 10.2 Å². The summed E-state index contributed by atoms with van der Waals surface area (Å²) in [6.07, 6.45) is 3.90. The summed E-state index contributed by atoms with van der Waals surface area (Å²) in [5.74, 6) is 0.256. The van der Waals surface area contributed by atoms with Gasteiger partial charge in [-0.2, -0.15) is 0 Å². The summed E-state index contributed by atoms with van der Waals surface area (Å²) < 4.78 is 3.59. The van der Waals surface area contributed by atoms with Crippen molar-refractivity contribution in [2.75, 3.05) is 19.6 Å². The summed E-state index contributed by atoms with van der Waals surface area (Å²) in [5, 5.41) is 3.34. The molecule has 1 aromatic carbocycles. The second-order valence-electron chi connectivity index (χ2n) is 6.91. The Hall–Kier alpha value is -2.05. The number of nitrogens with zero attached hydrogens (tertiary/aromatic N) is 3. The lowest BCUT2D eigenvalue weighted by atomic mass is 10.2. The highest BCUT2D eigenvalue weighted by Gasteiger charge is 2.17. The minimum absolute atomic E-state index is 0. The molecule has 1 fully saturated rings. The first-order valence-corrected chi connectivity index (χ1v) is 9.41. The molecule has 7 heteroatoms. The number of rotatable bonds is 6. The van der Waals surface area contributed by atoms with Gasteiger partial charge in [0, 0.05) is 45.3 Å². The highest BCUT2D eigenvalue weighted by molar-refractivity contribution is 5.85. The Labute approximate surface area is 166 Å². The molecule has 0 unspecified atom stereocenters. The molecule has 0 atom stereocenters. The SMILES string of the molecule is Cc1c(CNCCN2CCCCCC2=O)c(=O)n(-c2ccccc2)n1C.Cl. The van der Waals surface area contributed by atoms with Crippen LogP contribution in [-0.4, -0.2) is 39.8 Å². The molecule has 0 radical (unpaired) electrons. The van der Waals surface area contributed by atoms with Crippen molar-refractivity contribution in [1.29, 1.82) is 0 Å². The number of hydrogen-bond acceptors (Lipinski definition) is 3. The van der Waals surface area contributed by atoms with E-state index in [1.54, 1.807) is 4.68 Å². The normalized spacial score (nSPS) is 14.7. The average molecular weight is 393 g/mol. The number of likely N-dealkylation sites (tertiary alicyclic amines) is 1. The van der Waals surface area contributed by atoms with Crippen LogP contribution in [0, 0.1) is 6.92 Å². The molecular formula is C20H29ClN4O2. The molecule has 0 spiro atoms. The number of benzene rings is 1.